The molecule has 2 aromatic rings. The summed E-state index contributed by atoms with van der Waals surface area (Å²) in [5, 5.41) is 4.30. The van der Waals surface area contributed by atoms with Crippen LogP contribution in [0.4, 0.5) is 14.5 Å². The van der Waals surface area contributed by atoms with Gasteiger partial charge in [-0.25, -0.2) is 8.78 Å². The van der Waals surface area contributed by atoms with E-state index in [0.717, 1.165) is 12.1 Å². The van der Waals surface area contributed by atoms with Crippen LogP contribution in [0, 0.1) is 18.6 Å². The Kier molecular flexibility index (Phi) is 7.54. The Bertz CT molecular complexity index is 1230. The number of hydrogen-bond acceptors (Lipinski definition) is 5. The van der Waals surface area contributed by atoms with E-state index >= 15 is 0 Å². The number of anilines is 1. The average molecular weight is 508 g/mol. The van der Waals surface area contributed by atoms with Gasteiger partial charge in [-0.3, -0.25) is 14.4 Å². The SMILES string of the molecule is CC.Cc1c(C(=O)C(=O)NC2(/C(N)=C/N)CC2)c2n(c1C(=O)Nc1ccc(F)c(Cl)c1F)CCC2. The molecule has 6 N–H and O–H groups in total. The van der Waals surface area contributed by atoms with Crippen LogP contribution in [-0.2, 0) is 17.8 Å². The van der Waals surface area contributed by atoms with Crippen LogP contribution in [0.25, 0.3) is 0 Å². The maximum Gasteiger partial charge on any atom is 0.293 e. The molecule has 0 saturated heterocycles. The Morgan fingerprint density at radius 1 is 1.20 bits per heavy atom. The minimum absolute atomic E-state index is 0.126. The number of halogens is 3. The summed E-state index contributed by atoms with van der Waals surface area (Å²) in [6.45, 7) is 6.00. The van der Waals surface area contributed by atoms with Crippen LogP contribution in [0.1, 0.15) is 65.2 Å². The highest BCUT2D eigenvalue weighted by molar-refractivity contribution is 6.44. The number of nitrogens with zero attached hydrogens (tertiary/aromatic N) is 1. The summed E-state index contributed by atoms with van der Waals surface area (Å²) in [4.78, 5) is 38.9. The Labute approximate surface area is 206 Å². The monoisotopic (exact) mass is 507 g/mol. The first-order chi connectivity index (χ1) is 16.6. The van der Waals surface area contributed by atoms with Gasteiger partial charge in [-0.1, -0.05) is 25.4 Å². The molecule has 0 radical (unpaired) electrons. The summed E-state index contributed by atoms with van der Waals surface area (Å²) in [6.07, 6.45) is 3.49. The minimum Gasteiger partial charge on any atom is -0.403 e. The summed E-state index contributed by atoms with van der Waals surface area (Å²) in [5.74, 6) is -4.39. The third-order valence-corrected chi connectivity index (χ3v) is 6.52. The number of ketones is 1. The summed E-state index contributed by atoms with van der Waals surface area (Å²) in [5.41, 5.74) is 11.6. The number of amides is 2. The number of nitrogens with two attached hydrogens (primary N) is 2. The molecule has 2 amide bonds. The molecule has 0 bridgehead atoms. The zero-order valence-corrected chi connectivity index (χ0v) is 20.5. The van der Waals surface area contributed by atoms with Gasteiger partial charge >= 0.3 is 0 Å². The zero-order valence-electron chi connectivity index (χ0n) is 19.7. The number of benzene rings is 1. The van der Waals surface area contributed by atoms with E-state index in [1.807, 2.05) is 13.8 Å². The highest BCUT2D eigenvalue weighted by atomic mass is 35.5. The second-order valence-electron chi connectivity index (χ2n) is 8.21. The van der Waals surface area contributed by atoms with Gasteiger partial charge in [0.15, 0.2) is 5.82 Å². The normalized spacial score (nSPS) is 15.5. The fraction of sp³-hybridized carbons (Fsp3) is 0.375. The van der Waals surface area contributed by atoms with Crippen molar-refractivity contribution in [2.24, 2.45) is 11.5 Å². The van der Waals surface area contributed by atoms with E-state index in [1.54, 1.807) is 11.5 Å². The standard InChI is InChI=1S/C22H22ClF2N5O3.C2H6/c1-10-15(19(31)21(33)29-22(6-7-22)14(27)9-26)13-3-2-8-30(13)18(10)20(32)28-12-5-4-11(24)16(23)17(12)25;1-2/h4-5,9H,2-3,6-8,26-27H2,1H3,(H,28,32)(H,29,33);1-2H3/b14-9-;. The molecule has 1 fully saturated rings. The van der Waals surface area contributed by atoms with Crippen LogP contribution in [0.3, 0.4) is 0 Å². The molecule has 4 rings (SSSR count). The van der Waals surface area contributed by atoms with E-state index in [9.17, 15) is 23.2 Å². The average Bonchev–Trinajstić information content (AvgIpc) is 3.39. The fourth-order valence-corrected chi connectivity index (χ4v) is 4.44. The summed E-state index contributed by atoms with van der Waals surface area (Å²) < 4.78 is 29.4. The van der Waals surface area contributed by atoms with Crippen LogP contribution in [0.5, 0.6) is 0 Å². The van der Waals surface area contributed by atoms with Crippen molar-refractivity contribution < 1.29 is 23.2 Å². The van der Waals surface area contributed by atoms with E-state index in [4.69, 9.17) is 23.1 Å². The number of fused-ring (bicyclic) bond motifs is 1. The van der Waals surface area contributed by atoms with Crippen LogP contribution >= 0.6 is 11.6 Å². The predicted octanol–water partition coefficient (Wildman–Crippen LogP) is 3.54. The molecule has 11 heteroatoms. The Balaban J connectivity index is 0.00000167. The van der Waals surface area contributed by atoms with Gasteiger partial charge in [0.05, 0.1) is 16.8 Å². The van der Waals surface area contributed by atoms with Gasteiger partial charge in [-0.2, -0.15) is 0 Å². The quantitative estimate of drug-likeness (QED) is 0.270. The molecule has 2 aliphatic rings. The molecular formula is C24H28ClF2N5O3. The van der Waals surface area contributed by atoms with E-state index in [0.29, 0.717) is 43.5 Å². The molecule has 1 aliphatic heterocycles. The lowest BCUT2D eigenvalue weighted by atomic mass is 10.0. The molecule has 2 heterocycles. The molecule has 1 aromatic heterocycles. The summed E-state index contributed by atoms with van der Waals surface area (Å²) >= 11 is 5.59. The van der Waals surface area contributed by atoms with Gasteiger partial charge in [-0.15, -0.1) is 0 Å². The number of carbonyl (C=O) groups excluding carboxylic acids is 3. The Morgan fingerprint density at radius 3 is 2.46 bits per heavy atom. The van der Waals surface area contributed by atoms with E-state index in [2.05, 4.69) is 10.6 Å². The van der Waals surface area contributed by atoms with Crippen molar-refractivity contribution in [2.45, 2.75) is 58.5 Å². The Morgan fingerprint density at radius 2 is 1.86 bits per heavy atom. The molecule has 0 atom stereocenters. The number of Topliss-reactive ketones (excluding diaryl/α,β-unsaturated/α-hetero) is 1. The second-order valence-corrected chi connectivity index (χ2v) is 8.59. The highest BCUT2D eigenvalue weighted by Crippen LogP contribution is 2.40. The number of hydrogen-bond donors (Lipinski definition) is 4. The van der Waals surface area contributed by atoms with E-state index in [1.165, 1.54) is 6.20 Å². The van der Waals surface area contributed by atoms with Gasteiger partial charge in [0.25, 0.3) is 17.6 Å². The largest absolute Gasteiger partial charge is 0.403 e. The maximum absolute atomic E-state index is 14.3. The lowest BCUT2D eigenvalue weighted by molar-refractivity contribution is -0.117. The van der Waals surface area contributed by atoms with Gasteiger partial charge < -0.3 is 26.7 Å². The molecule has 0 spiro atoms. The summed E-state index contributed by atoms with van der Waals surface area (Å²) in [7, 11) is 0. The summed E-state index contributed by atoms with van der Waals surface area (Å²) in [6, 6.07) is 1.99. The number of rotatable bonds is 6. The van der Waals surface area contributed by atoms with Crippen LogP contribution in [0.15, 0.2) is 24.0 Å². The van der Waals surface area contributed by atoms with Gasteiger partial charge in [0.2, 0.25) is 0 Å². The topological polar surface area (TPSA) is 132 Å². The number of nitrogens with one attached hydrogen (secondary N) is 2. The number of aromatic nitrogens is 1. The zero-order chi connectivity index (χ0) is 26.1. The minimum atomic E-state index is -1.10. The van der Waals surface area contributed by atoms with Crippen molar-refractivity contribution in [2.75, 3.05) is 5.32 Å². The van der Waals surface area contributed by atoms with E-state index < -0.39 is 39.8 Å². The lowest BCUT2D eigenvalue weighted by Gasteiger charge is -2.17. The smallest absolute Gasteiger partial charge is 0.293 e. The van der Waals surface area contributed by atoms with Crippen LogP contribution in [-0.4, -0.2) is 27.7 Å². The molecular weight excluding hydrogens is 480 g/mol. The molecule has 1 saturated carbocycles. The molecule has 1 aromatic carbocycles. The van der Waals surface area contributed by atoms with Crippen molar-refractivity contribution in [3.05, 3.63) is 63.2 Å². The first kappa shape index (κ1) is 26.2. The van der Waals surface area contributed by atoms with Gasteiger partial charge in [-0.05, 0) is 50.3 Å². The first-order valence-electron chi connectivity index (χ1n) is 11.3. The van der Waals surface area contributed by atoms with Crippen molar-refractivity contribution in [1.82, 2.24) is 9.88 Å². The third kappa shape index (κ3) is 4.62. The second kappa shape index (κ2) is 10.1. The van der Waals surface area contributed by atoms with Gasteiger partial charge in [0, 0.05) is 24.1 Å². The van der Waals surface area contributed by atoms with Crippen molar-refractivity contribution in [3.63, 3.8) is 0 Å². The maximum atomic E-state index is 14.3. The van der Waals surface area contributed by atoms with E-state index in [-0.39, 0.29) is 22.6 Å². The van der Waals surface area contributed by atoms with Crippen molar-refractivity contribution in [1.29, 1.82) is 0 Å². The molecule has 8 nitrogen and oxygen atoms in total. The Hall–Kier alpha value is -3.40. The fourth-order valence-electron chi connectivity index (χ4n) is 4.27. The highest BCUT2D eigenvalue weighted by Gasteiger charge is 2.48. The third-order valence-electron chi connectivity index (χ3n) is 6.18. The first-order valence-corrected chi connectivity index (χ1v) is 11.7. The van der Waals surface area contributed by atoms with Crippen molar-refractivity contribution in [3.8, 4) is 0 Å². The van der Waals surface area contributed by atoms with Crippen LogP contribution < -0.4 is 22.1 Å². The molecule has 1 aliphatic carbocycles. The lowest BCUT2D eigenvalue weighted by Crippen LogP contribution is -2.44. The molecule has 35 heavy (non-hydrogen) atoms. The predicted molar refractivity (Wildman–Crippen MR) is 129 cm³/mol. The van der Waals surface area contributed by atoms with Crippen molar-refractivity contribution >= 4 is 34.9 Å². The molecule has 0 unspecified atom stereocenters. The number of carbonyl (C=O) groups is 3. The molecule has 188 valence electrons. The van der Waals surface area contributed by atoms with Crippen LogP contribution in [0.2, 0.25) is 5.02 Å². The van der Waals surface area contributed by atoms with Gasteiger partial charge in [0.1, 0.15) is 16.5 Å².